The summed E-state index contributed by atoms with van der Waals surface area (Å²) in [5.41, 5.74) is 0. The number of rotatable bonds is 1. The molecule has 0 N–H and O–H groups in total. The van der Waals surface area contributed by atoms with Gasteiger partial charge in [0.2, 0.25) is 0 Å². The van der Waals surface area contributed by atoms with Gasteiger partial charge in [0.05, 0.1) is 0 Å². The molecule has 0 nitrogen and oxygen atoms in total. The Hall–Kier alpha value is 1.80. The van der Waals surface area contributed by atoms with Crippen molar-refractivity contribution in [2.45, 2.75) is 6.42 Å². The van der Waals surface area contributed by atoms with Crippen molar-refractivity contribution in [3.05, 3.63) is 21.5 Å². The summed E-state index contributed by atoms with van der Waals surface area (Å²) in [4.78, 5) is 0. The van der Waals surface area contributed by atoms with Gasteiger partial charge in [0.15, 0.2) is 0 Å². The minimum absolute atomic E-state index is 1.11. The molecule has 0 aromatic heterocycles. The van der Waals surface area contributed by atoms with Gasteiger partial charge < -0.3 is 0 Å². The second-order valence-corrected chi connectivity index (χ2v) is 45.8. The molecule has 1 aliphatic carbocycles. The van der Waals surface area contributed by atoms with Gasteiger partial charge in [-0.05, 0) is 0 Å². The molecule has 0 aromatic carbocycles. The molecule has 0 aromatic rings. The molecule has 4 heteroatoms. The Morgan fingerprint density at radius 3 is 2.22 bits per heavy atom. The van der Waals surface area contributed by atoms with Gasteiger partial charge in [0, 0.05) is 0 Å². The molecule has 0 saturated heterocycles. The van der Waals surface area contributed by atoms with E-state index in [1.54, 1.807) is 0 Å². The van der Waals surface area contributed by atoms with E-state index >= 15 is 0 Å². The van der Waals surface area contributed by atoms with E-state index in [4.69, 9.17) is 0 Å². The maximum absolute atomic E-state index is 3.64. The third kappa shape index (κ3) is 2.72. The van der Waals surface area contributed by atoms with Crippen molar-refractivity contribution >= 4 is 36.7 Å². The van der Waals surface area contributed by atoms with E-state index in [-0.39, 0.29) is 0 Å². The first kappa shape index (κ1) is 8.90. The molecular weight excluding hydrogens is 391 g/mol. The average molecular weight is 396 g/mol. The SMILES string of the molecule is [Br][Zr]([Br])([Br])[C]1=CC=CC1. The Morgan fingerprint density at radius 1 is 1.33 bits per heavy atom. The van der Waals surface area contributed by atoms with E-state index < -0.39 is 13.2 Å². The Balaban J connectivity index is 2.66. The van der Waals surface area contributed by atoms with E-state index in [0.29, 0.717) is 0 Å². The predicted octanol–water partition coefficient (Wildman–Crippen LogP) is 3.91. The summed E-state index contributed by atoms with van der Waals surface area (Å²) < 4.78 is 1.50. The van der Waals surface area contributed by atoms with Gasteiger partial charge in [-0.2, -0.15) is 0 Å². The Bertz CT molecular complexity index is 166. The monoisotopic (exact) mass is 392 g/mol. The van der Waals surface area contributed by atoms with Crippen LogP contribution < -0.4 is 0 Å². The number of halogens is 3. The van der Waals surface area contributed by atoms with E-state index in [1.807, 2.05) is 0 Å². The normalized spacial score (nSPS) is 18.3. The van der Waals surface area contributed by atoms with Crippen molar-refractivity contribution in [1.82, 2.24) is 0 Å². The fraction of sp³-hybridized carbons (Fsp3) is 0.200. The second kappa shape index (κ2) is 3.47. The molecular formula is C5H5Br3Zr. The van der Waals surface area contributed by atoms with Crippen LogP contribution in [0.4, 0.5) is 0 Å². The van der Waals surface area contributed by atoms with Crippen LogP contribution in [0.25, 0.3) is 0 Å². The first-order chi connectivity index (χ1) is 4.11. The average Bonchev–Trinajstić information content (AvgIpc) is 2.08. The van der Waals surface area contributed by atoms with Crippen molar-refractivity contribution in [1.29, 1.82) is 0 Å². The first-order valence-electron chi connectivity index (χ1n) is 2.53. The molecule has 9 heavy (non-hydrogen) atoms. The molecule has 1 rings (SSSR count). The van der Waals surface area contributed by atoms with Crippen molar-refractivity contribution in [2.24, 2.45) is 0 Å². The maximum atomic E-state index is 3.64. The summed E-state index contributed by atoms with van der Waals surface area (Å²) in [7, 11) is 0. The van der Waals surface area contributed by atoms with Crippen LogP contribution in [-0.2, 0) is 13.2 Å². The fourth-order valence-corrected chi connectivity index (χ4v) is 7.44. The van der Waals surface area contributed by atoms with Crippen LogP contribution in [0.15, 0.2) is 21.5 Å². The molecule has 0 radical (unpaired) electrons. The molecule has 0 aliphatic heterocycles. The summed E-state index contributed by atoms with van der Waals surface area (Å²) in [6, 6.07) is 0. The molecule has 50 valence electrons. The fourth-order valence-electron chi connectivity index (χ4n) is 0.657. The molecule has 0 bridgehead atoms. The predicted molar refractivity (Wildman–Crippen MR) is 48.6 cm³/mol. The summed E-state index contributed by atoms with van der Waals surface area (Å²) >= 11 is 8.77. The van der Waals surface area contributed by atoms with Crippen LogP contribution in [0, 0.1) is 0 Å². The van der Waals surface area contributed by atoms with Crippen LogP contribution in [0.5, 0.6) is 0 Å². The van der Waals surface area contributed by atoms with Crippen molar-refractivity contribution in [3.8, 4) is 0 Å². The quantitative estimate of drug-likeness (QED) is 0.631. The number of allylic oxidation sites excluding steroid dienone is 4. The van der Waals surface area contributed by atoms with Crippen LogP contribution >= 0.6 is 36.7 Å². The van der Waals surface area contributed by atoms with Gasteiger partial charge in [-0.1, -0.05) is 0 Å². The van der Waals surface area contributed by atoms with Gasteiger partial charge in [-0.25, -0.2) is 0 Å². The Morgan fingerprint density at radius 2 is 2.00 bits per heavy atom. The molecule has 0 unspecified atom stereocenters. The Kier molecular flexibility index (Phi) is 3.43. The van der Waals surface area contributed by atoms with Gasteiger partial charge in [0.1, 0.15) is 0 Å². The number of hydrogen-bond donors (Lipinski definition) is 0. The topological polar surface area (TPSA) is 0 Å². The standard InChI is InChI=1S/C5H5.3BrH.Zr/c1-2-4-5-3-1;;;;/h1-3H,4H2;3*1H;/q;;;;+3/p-3. The zero-order valence-corrected chi connectivity index (χ0v) is 11.8. The second-order valence-electron chi connectivity index (χ2n) is 1.82. The molecule has 0 fully saturated rings. The molecule has 0 spiro atoms. The molecule has 0 amide bonds. The summed E-state index contributed by atoms with van der Waals surface area (Å²) in [5.74, 6) is 0. The van der Waals surface area contributed by atoms with Gasteiger partial charge >= 0.3 is 77.8 Å². The third-order valence-corrected chi connectivity index (χ3v) is 12.9. The van der Waals surface area contributed by atoms with Crippen LogP contribution in [0.2, 0.25) is 0 Å². The van der Waals surface area contributed by atoms with E-state index in [1.165, 1.54) is 3.28 Å². The summed E-state index contributed by atoms with van der Waals surface area (Å²) in [6.45, 7) is 0. The molecule has 0 atom stereocenters. The zero-order chi connectivity index (χ0) is 6.91. The van der Waals surface area contributed by atoms with Crippen molar-refractivity contribution in [2.75, 3.05) is 0 Å². The van der Waals surface area contributed by atoms with Crippen LogP contribution in [0.3, 0.4) is 0 Å². The van der Waals surface area contributed by atoms with Crippen molar-refractivity contribution in [3.63, 3.8) is 0 Å². The number of hydrogen-bond acceptors (Lipinski definition) is 0. The summed E-state index contributed by atoms with van der Waals surface area (Å²) in [5, 5.41) is 0. The van der Waals surface area contributed by atoms with Gasteiger partial charge in [-0.3, -0.25) is 0 Å². The molecule has 0 heterocycles. The van der Waals surface area contributed by atoms with Crippen LogP contribution in [0.1, 0.15) is 6.42 Å². The summed E-state index contributed by atoms with van der Waals surface area (Å²) in [6.07, 6.45) is 7.56. The third-order valence-electron chi connectivity index (χ3n) is 1.14. The Labute approximate surface area is 76.5 Å². The van der Waals surface area contributed by atoms with Crippen LogP contribution in [-0.4, -0.2) is 0 Å². The van der Waals surface area contributed by atoms with E-state index in [2.05, 4.69) is 54.9 Å². The minimum atomic E-state index is -2.16. The molecule has 1 aliphatic rings. The van der Waals surface area contributed by atoms with Crippen molar-refractivity contribution < 1.29 is 13.2 Å². The zero-order valence-electron chi connectivity index (χ0n) is 4.57. The van der Waals surface area contributed by atoms with E-state index in [0.717, 1.165) is 6.42 Å². The van der Waals surface area contributed by atoms with Gasteiger partial charge in [-0.15, -0.1) is 0 Å². The first-order valence-corrected chi connectivity index (χ1v) is 20.6. The molecule has 0 saturated carbocycles. The van der Waals surface area contributed by atoms with Gasteiger partial charge in [0.25, 0.3) is 0 Å². The van der Waals surface area contributed by atoms with E-state index in [9.17, 15) is 0 Å².